The van der Waals surface area contributed by atoms with Crippen LogP contribution in [0.15, 0.2) is 11.4 Å². The lowest BCUT2D eigenvalue weighted by molar-refractivity contribution is -0.117. The maximum Gasteiger partial charge on any atom is 0.105 e. The van der Waals surface area contributed by atoms with Crippen molar-refractivity contribution in [2.45, 2.75) is 37.9 Å². The lowest BCUT2D eigenvalue weighted by Gasteiger charge is -2.43. The van der Waals surface area contributed by atoms with Crippen molar-refractivity contribution in [2.24, 2.45) is 0 Å². The Balaban J connectivity index is 0.000000963. The van der Waals surface area contributed by atoms with Crippen LogP contribution in [0.3, 0.4) is 0 Å². The summed E-state index contributed by atoms with van der Waals surface area (Å²) in [6, 6.07) is 2.28. The molecular formula is C12H18ClNOS. The van der Waals surface area contributed by atoms with Crippen LogP contribution in [0.25, 0.3) is 0 Å². The number of rotatable bonds is 0. The zero-order valence-electron chi connectivity index (χ0n) is 9.49. The third-order valence-electron chi connectivity index (χ3n) is 3.51. The Labute approximate surface area is 107 Å². The van der Waals surface area contributed by atoms with Crippen LogP contribution >= 0.6 is 23.7 Å². The molecule has 0 bridgehead atoms. The van der Waals surface area contributed by atoms with Crippen LogP contribution in [0.1, 0.15) is 30.2 Å². The van der Waals surface area contributed by atoms with Gasteiger partial charge in [-0.1, -0.05) is 0 Å². The summed E-state index contributed by atoms with van der Waals surface area (Å²) < 4.78 is 6.27. The molecule has 0 aromatic carbocycles. The van der Waals surface area contributed by atoms with Gasteiger partial charge in [-0.2, -0.15) is 0 Å². The van der Waals surface area contributed by atoms with Gasteiger partial charge >= 0.3 is 0 Å². The van der Waals surface area contributed by atoms with Gasteiger partial charge in [0.05, 0.1) is 6.10 Å². The molecule has 3 rings (SSSR count). The fourth-order valence-corrected chi connectivity index (χ4v) is 4.00. The number of hydrogen-bond donors (Lipinski definition) is 1. The Morgan fingerprint density at radius 2 is 2.19 bits per heavy atom. The van der Waals surface area contributed by atoms with Crippen molar-refractivity contribution in [3.05, 3.63) is 21.9 Å². The van der Waals surface area contributed by atoms with Crippen LogP contribution < -0.4 is 5.32 Å². The Morgan fingerprint density at radius 1 is 1.44 bits per heavy atom. The predicted octanol–water partition coefficient (Wildman–Crippen LogP) is 2.71. The van der Waals surface area contributed by atoms with Crippen LogP contribution in [0.5, 0.6) is 0 Å². The molecular weight excluding hydrogens is 242 g/mol. The van der Waals surface area contributed by atoms with E-state index in [1.165, 1.54) is 10.4 Å². The molecule has 0 saturated carbocycles. The van der Waals surface area contributed by atoms with E-state index in [0.717, 1.165) is 32.4 Å². The van der Waals surface area contributed by atoms with Crippen LogP contribution in [0.4, 0.5) is 0 Å². The third kappa shape index (κ3) is 1.90. The Kier molecular flexibility index (Phi) is 3.59. The van der Waals surface area contributed by atoms with Gasteiger partial charge in [0.1, 0.15) is 5.60 Å². The minimum atomic E-state index is 0. The first-order valence-electron chi connectivity index (χ1n) is 5.76. The molecule has 0 radical (unpaired) electrons. The molecule has 0 amide bonds. The topological polar surface area (TPSA) is 21.3 Å². The van der Waals surface area contributed by atoms with Gasteiger partial charge in [-0.05, 0) is 56.3 Å². The van der Waals surface area contributed by atoms with E-state index >= 15 is 0 Å². The van der Waals surface area contributed by atoms with Crippen molar-refractivity contribution in [3.8, 4) is 0 Å². The van der Waals surface area contributed by atoms with Crippen molar-refractivity contribution < 1.29 is 4.74 Å². The lowest BCUT2D eigenvalue weighted by atomic mass is 9.85. The van der Waals surface area contributed by atoms with Crippen molar-refractivity contribution in [3.63, 3.8) is 0 Å². The second-order valence-electron chi connectivity index (χ2n) is 4.65. The molecule has 1 atom stereocenters. The first kappa shape index (κ1) is 12.4. The normalized spacial score (nSPS) is 27.2. The summed E-state index contributed by atoms with van der Waals surface area (Å²) in [5, 5.41) is 5.64. The number of thiophene rings is 1. The Hall–Kier alpha value is -0.0900. The van der Waals surface area contributed by atoms with Gasteiger partial charge in [-0.15, -0.1) is 23.7 Å². The summed E-state index contributed by atoms with van der Waals surface area (Å²) in [5.74, 6) is 0. The molecule has 3 heterocycles. The Bertz CT molecular complexity index is 360. The molecule has 1 saturated heterocycles. The van der Waals surface area contributed by atoms with E-state index in [9.17, 15) is 0 Å². The van der Waals surface area contributed by atoms with E-state index in [4.69, 9.17) is 4.74 Å². The molecule has 1 aromatic rings. The van der Waals surface area contributed by atoms with Crippen LogP contribution in [-0.4, -0.2) is 19.2 Å². The zero-order valence-corrected chi connectivity index (χ0v) is 11.1. The summed E-state index contributed by atoms with van der Waals surface area (Å²) in [5.41, 5.74) is 1.58. The monoisotopic (exact) mass is 259 g/mol. The lowest BCUT2D eigenvalue weighted by Crippen LogP contribution is -2.46. The molecule has 0 aliphatic carbocycles. The predicted molar refractivity (Wildman–Crippen MR) is 69.6 cm³/mol. The molecule has 2 nitrogen and oxygen atoms in total. The Morgan fingerprint density at radius 3 is 2.94 bits per heavy atom. The largest absolute Gasteiger partial charge is 0.366 e. The SMILES string of the molecule is CC1Cc2ccsc2C2(CCNCC2)O1.Cl. The maximum atomic E-state index is 6.27. The standard InChI is InChI=1S/C12H17NOS.ClH/c1-9-8-10-2-7-15-11(10)12(14-9)3-5-13-6-4-12;/h2,7,9,13H,3-6,8H2,1H3;1H. The van der Waals surface area contributed by atoms with E-state index < -0.39 is 0 Å². The third-order valence-corrected chi connectivity index (χ3v) is 4.65. The molecule has 1 N–H and O–H groups in total. The van der Waals surface area contributed by atoms with Crippen LogP contribution in [-0.2, 0) is 16.8 Å². The molecule has 4 heteroatoms. The van der Waals surface area contributed by atoms with Gasteiger partial charge in [0.2, 0.25) is 0 Å². The fourth-order valence-electron chi connectivity index (χ4n) is 2.86. The quantitative estimate of drug-likeness (QED) is 0.774. The molecule has 90 valence electrons. The van der Waals surface area contributed by atoms with Gasteiger partial charge in [-0.3, -0.25) is 0 Å². The average Bonchev–Trinajstić information content (AvgIpc) is 2.67. The van der Waals surface area contributed by atoms with Crippen molar-refractivity contribution in [1.29, 1.82) is 0 Å². The van der Waals surface area contributed by atoms with Crippen molar-refractivity contribution in [2.75, 3.05) is 13.1 Å². The summed E-state index contributed by atoms with van der Waals surface area (Å²) in [4.78, 5) is 1.50. The fraction of sp³-hybridized carbons (Fsp3) is 0.667. The highest BCUT2D eigenvalue weighted by molar-refractivity contribution is 7.10. The molecule has 1 spiro atoms. The smallest absolute Gasteiger partial charge is 0.105 e. The highest BCUT2D eigenvalue weighted by atomic mass is 35.5. The number of nitrogens with one attached hydrogen (secondary N) is 1. The van der Waals surface area contributed by atoms with E-state index in [0.29, 0.717) is 6.10 Å². The minimum Gasteiger partial charge on any atom is -0.366 e. The summed E-state index contributed by atoms with van der Waals surface area (Å²) in [6.45, 7) is 4.37. The van der Waals surface area contributed by atoms with Gasteiger partial charge in [0.25, 0.3) is 0 Å². The molecule has 2 aliphatic rings. The highest BCUT2D eigenvalue weighted by Gasteiger charge is 2.41. The van der Waals surface area contributed by atoms with E-state index in [-0.39, 0.29) is 18.0 Å². The highest BCUT2D eigenvalue weighted by Crippen LogP contribution is 2.44. The summed E-state index contributed by atoms with van der Waals surface area (Å²) >= 11 is 1.88. The zero-order chi connectivity index (χ0) is 10.3. The van der Waals surface area contributed by atoms with Gasteiger partial charge < -0.3 is 10.1 Å². The van der Waals surface area contributed by atoms with Gasteiger partial charge in [0, 0.05) is 4.88 Å². The summed E-state index contributed by atoms with van der Waals surface area (Å²) in [6.07, 6.45) is 3.73. The first-order valence-corrected chi connectivity index (χ1v) is 6.63. The number of ether oxygens (including phenoxy) is 1. The molecule has 1 unspecified atom stereocenters. The second-order valence-corrected chi connectivity index (χ2v) is 5.57. The number of fused-ring (bicyclic) bond motifs is 2. The van der Waals surface area contributed by atoms with E-state index in [1.54, 1.807) is 0 Å². The molecule has 1 fully saturated rings. The summed E-state index contributed by atoms with van der Waals surface area (Å²) in [7, 11) is 0. The second kappa shape index (κ2) is 4.65. The van der Waals surface area contributed by atoms with Gasteiger partial charge in [0.15, 0.2) is 0 Å². The van der Waals surface area contributed by atoms with Crippen LogP contribution in [0, 0.1) is 0 Å². The van der Waals surface area contributed by atoms with E-state index in [2.05, 4.69) is 23.7 Å². The minimum absolute atomic E-state index is 0. The molecule has 2 aliphatic heterocycles. The maximum absolute atomic E-state index is 6.27. The van der Waals surface area contributed by atoms with Crippen molar-refractivity contribution >= 4 is 23.7 Å². The number of halogens is 1. The van der Waals surface area contributed by atoms with Gasteiger partial charge in [-0.25, -0.2) is 0 Å². The number of piperidine rings is 1. The molecule has 1 aromatic heterocycles. The first-order chi connectivity index (χ1) is 7.30. The van der Waals surface area contributed by atoms with Crippen molar-refractivity contribution in [1.82, 2.24) is 5.32 Å². The average molecular weight is 260 g/mol. The number of hydrogen-bond acceptors (Lipinski definition) is 3. The molecule has 16 heavy (non-hydrogen) atoms. The van der Waals surface area contributed by atoms with Crippen LogP contribution in [0.2, 0.25) is 0 Å². The van der Waals surface area contributed by atoms with E-state index in [1.807, 2.05) is 11.3 Å².